The summed E-state index contributed by atoms with van der Waals surface area (Å²) in [7, 11) is 0. The Morgan fingerprint density at radius 3 is 2.28 bits per heavy atom. The molecule has 2 unspecified atom stereocenters. The van der Waals surface area contributed by atoms with E-state index in [0.29, 0.717) is 0 Å². The number of hydrogen-bond acceptors (Lipinski definition) is 2. The predicted octanol–water partition coefficient (Wildman–Crippen LogP) is 2.96. The Balaban J connectivity index is 2.54. The van der Waals surface area contributed by atoms with Gasteiger partial charge in [-0.25, -0.2) is 4.79 Å². The minimum absolute atomic E-state index is 0.198. The summed E-state index contributed by atoms with van der Waals surface area (Å²) < 4.78 is 0.967. The summed E-state index contributed by atoms with van der Waals surface area (Å²) in [6.07, 6.45) is 0. The molecule has 2 atom stereocenters. The Kier molecular flexibility index (Phi) is 5.62. The molecule has 2 N–H and O–H groups in total. The molecule has 6 heteroatoms. The highest BCUT2D eigenvalue weighted by Crippen LogP contribution is 2.16. The van der Waals surface area contributed by atoms with Gasteiger partial charge in [-0.15, -0.1) is 11.6 Å². The smallest absolute Gasteiger partial charge is 0.321 e. The number of carbonyl (C=O) groups is 2. The molecule has 0 heterocycles. The zero-order chi connectivity index (χ0) is 13.7. The maximum absolute atomic E-state index is 11.5. The number of halogens is 2. The number of carbonyl (C=O) groups excluding carboxylic acids is 2. The van der Waals surface area contributed by atoms with Gasteiger partial charge < -0.3 is 5.32 Å². The quantitative estimate of drug-likeness (QED) is 0.836. The van der Waals surface area contributed by atoms with Gasteiger partial charge in [-0.1, -0.05) is 28.1 Å². The van der Waals surface area contributed by atoms with Crippen LogP contribution in [-0.4, -0.2) is 17.3 Å². The second kappa shape index (κ2) is 6.75. The fourth-order valence-electron chi connectivity index (χ4n) is 1.28. The lowest BCUT2D eigenvalue weighted by Crippen LogP contribution is -2.43. The Labute approximate surface area is 119 Å². The molecule has 0 saturated heterocycles. The van der Waals surface area contributed by atoms with Crippen molar-refractivity contribution in [3.8, 4) is 0 Å². The van der Waals surface area contributed by atoms with Crippen molar-refractivity contribution in [1.29, 1.82) is 0 Å². The lowest BCUT2D eigenvalue weighted by atomic mass is 10.1. The molecule has 98 valence electrons. The van der Waals surface area contributed by atoms with Crippen molar-refractivity contribution in [3.63, 3.8) is 0 Å². The van der Waals surface area contributed by atoms with Gasteiger partial charge in [-0.2, -0.15) is 0 Å². The van der Waals surface area contributed by atoms with Crippen LogP contribution in [0.15, 0.2) is 28.7 Å². The van der Waals surface area contributed by atoms with Crippen molar-refractivity contribution in [2.24, 2.45) is 0 Å². The molecular formula is C12H14BrClN2O2. The van der Waals surface area contributed by atoms with Gasteiger partial charge in [0, 0.05) is 4.47 Å². The van der Waals surface area contributed by atoms with Gasteiger partial charge >= 0.3 is 6.03 Å². The predicted molar refractivity (Wildman–Crippen MR) is 74.5 cm³/mol. The van der Waals surface area contributed by atoms with Crippen LogP contribution in [0.4, 0.5) is 4.79 Å². The van der Waals surface area contributed by atoms with Crippen molar-refractivity contribution in [2.45, 2.75) is 25.3 Å². The van der Waals surface area contributed by atoms with Crippen molar-refractivity contribution in [3.05, 3.63) is 34.3 Å². The van der Waals surface area contributed by atoms with Crippen LogP contribution in [0.25, 0.3) is 0 Å². The van der Waals surface area contributed by atoms with E-state index < -0.39 is 17.3 Å². The van der Waals surface area contributed by atoms with Crippen LogP contribution in [0.3, 0.4) is 0 Å². The highest BCUT2D eigenvalue weighted by atomic mass is 79.9. The molecule has 0 aliphatic carbocycles. The molecule has 4 nitrogen and oxygen atoms in total. The van der Waals surface area contributed by atoms with E-state index in [4.69, 9.17) is 11.6 Å². The normalized spacial score (nSPS) is 13.6. The number of amides is 3. The zero-order valence-corrected chi connectivity index (χ0v) is 12.4. The van der Waals surface area contributed by atoms with E-state index in [9.17, 15) is 9.59 Å². The van der Waals surface area contributed by atoms with E-state index in [1.165, 1.54) is 6.92 Å². The Bertz CT molecular complexity index is 434. The van der Waals surface area contributed by atoms with Gasteiger partial charge in [0.05, 0.1) is 6.04 Å². The second-order valence-corrected chi connectivity index (χ2v) is 5.42. The first-order valence-electron chi connectivity index (χ1n) is 5.41. The van der Waals surface area contributed by atoms with E-state index in [-0.39, 0.29) is 6.04 Å². The Hall–Kier alpha value is -1.07. The van der Waals surface area contributed by atoms with Crippen molar-refractivity contribution >= 4 is 39.5 Å². The average Bonchev–Trinajstić information content (AvgIpc) is 2.29. The molecule has 0 saturated carbocycles. The lowest BCUT2D eigenvalue weighted by molar-refractivity contribution is -0.119. The molecule has 0 aliphatic heterocycles. The molecule has 0 radical (unpaired) electrons. The molecule has 3 amide bonds. The van der Waals surface area contributed by atoms with Gasteiger partial charge in [0.15, 0.2) is 0 Å². The Morgan fingerprint density at radius 2 is 1.78 bits per heavy atom. The first-order chi connectivity index (χ1) is 8.40. The van der Waals surface area contributed by atoms with Gasteiger partial charge in [0.2, 0.25) is 5.91 Å². The summed E-state index contributed by atoms with van der Waals surface area (Å²) in [6, 6.07) is 6.80. The van der Waals surface area contributed by atoms with Crippen LogP contribution >= 0.6 is 27.5 Å². The maximum atomic E-state index is 11.5. The molecule has 1 rings (SSSR count). The molecule has 0 aromatic heterocycles. The zero-order valence-electron chi connectivity index (χ0n) is 10.0. The topological polar surface area (TPSA) is 58.2 Å². The number of urea groups is 1. The van der Waals surface area contributed by atoms with Crippen molar-refractivity contribution < 1.29 is 9.59 Å². The van der Waals surface area contributed by atoms with Crippen LogP contribution in [-0.2, 0) is 4.79 Å². The summed E-state index contributed by atoms with van der Waals surface area (Å²) in [5.74, 6) is -0.517. The molecule has 0 aliphatic rings. The number of benzene rings is 1. The van der Waals surface area contributed by atoms with Crippen LogP contribution in [0.1, 0.15) is 25.5 Å². The average molecular weight is 334 g/mol. The number of imide groups is 1. The van der Waals surface area contributed by atoms with Gasteiger partial charge in [-0.05, 0) is 31.5 Å². The van der Waals surface area contributed by atoms with Crippen LogP contribution < -0.4 is 10.6 Å². The first kappa shape index (κ1) is 15.0. The van der Waals surface area contributed by atoms with Crippen molar-refractivity contribution in [2.75, 3.05) is 0 Å². The number of alkyl halides is 1. The van der Waals surface area contributed by atoms with E-state index in [0.717, 1.165) is 10.0 Å². The van der Waals surface area contributed by atoms with Crippen molar-refractivity contribution in [1.82, 2.24) is 10.6 Å². The largest absolute Gasteiger partial charge is 0.331 e. The van der Waals surface area contributed by atoms with Crippen LogP contribution in [0.5, 0.6) is 0 Å². The summed E-state index contributed by atoms with van der Waals surface area (Å²) in [6.45, 7) is 3.33. The summed E-state index contributed by atoms with van der Waals surface area (Å²) in [5, 5.41) is 4.08. The van der Waals surface area contributed by atoms with Gasteiger partial charge in [0.25, 0.3) is 0 Å². The molecule has 0 bridgehead atoms. The maximum Gasteiger partial charge on any atom is 0.321 e. The van der Waals surface area contributed by atoms with E-state index in [1.54, 1.807) is 0 Å². The standard InChI is InChI=1S/C12H14BrClN2O2/c1-7(14)11(17)16-12(18)15-8(2)9-3-5-10(13)6-4-9/h3-8H,1-2H3,(H2,15,16,17,18). The third-order valence-corrected chi connectivity index (χ3v) is 3.04. The summed E-state index contributed by atoms with van der Waals surface area (Å²) >= 11 is 8.88. The number of rotatable bonds is 3. The van der Waals surface area contributed by atoms with E-state index in [1.807, 2.05) is 31.2 Å². The van der Waals surface area contributed by atoms with Crippen LogP contribution in [0, 0.1) is 0 Å². The molecule has 0 spiro atoms. The van der Waals surface area contributed by atoms with Gasteiger partial charge in [-0.3, -0.25) is 10.1 Å². The summed E-state index contributed by atoms with van der Waals surface area (Å²) in [5.41, 5.74) is 0.944. The second-order valence-electron chi connectivity index (χ2n) is 3.85. The molecule has 1 aromatic rings. The first-order valence-corrected chi connectivity index (χ1v) is 6.64. The highest BCUT2D eigenvalue weighted by molar-refractivity contribution is 9.10. The highest BCUT2D eigenvalue weighted by Gasteiger charge is 2.15. The number of nitrogens with one attached hydrogen (secondary N) is 2. The fourth-order valence-corrected chi connectivity index (χ4v) is 1.60. The lowest BCUT2D eigenvalue weighted by Gasteiger charge is -2.15. The molecule has 1 aromatic carbocycles. The number of hydrogen-bond donors (Lipinski definition) is 2. The fraction of sp³-hybridized carbons (Fsp3) is 0.333. The SMILES string of the molecule is CC(Cl)C(=O)NC(=O)NC(C)c1ccc(Br)cc1. The monoisotopic (exact) mass is 332 g/mol. The van der Waals surface area contributed by atoms with E-state index in [2.05, 4.69) is 26.6 Å². The Morgan fingerprint density at radius 1 is 1.22 bits per heavy atom. The molecule has 0 fully saturated rings. The van der Waals surface area contributed by atoms with Gasteiger partial charge in [0.1, 0.15) is 5.38 Å². The summed E-state index contributed by atoms with van der Waals surface area (Å²) in [4.78, 5) is 22.7. The third-order valence-electron chi connectivity index (χ3n) is 2.32. The minimum atomic E-state index is -0.737. The van der Waals surface area contributed by atoms with E-state index >= 15 is 0 Å². The van der Waals surface area contributed by atoms with Crippen LogP contribution in [0.2, 0.25) is 0 Å². The molecule has 18 heavy (non-hydrogen) atoms. The third kappa shape index (κ3) is 4.66. The minimum Gasteiger partial charge on any atom is -0.331 e. The molecular weight excluding hydrogens is 320 g/mol.